The Bertz CT molecular complexity index is 343. The summed E-state index contributed by atoms with van der Waals surface area (Å²) in [6, 6.07) is 5.65. The van der Waals surface area contributed by atoms with Crippen LogP contribution in [-0.4, -0.2) is 35.6 Å². The van der Waals surface area contributed by atoms with Gasteiger partial charge in [0.05, 0.1) is 5.69 Å². The van der Waals surface area contributed by atoms with Crippen molar-refractivity contribution in [1.29, 1.82) is 0 Å². The summed E-state index contributed by atoms with van der Waals surface area (Å²) in [4.78, 5) is 6.87. The van der Waals surface area contributed by atoms with Crippen molar-refractivity contribution in [3.63, 3.8) is 0 Å². The van der Waals surface area contributed by atoms with Crippen molar-refractivity contribution in [2.75, 3.05) is 13.6 Å². The molecule has 0 saturated heterocycles. The molecule has 1 unspecified atom stereocenters. The fraction of sp³-hybridized carbons (Fsp3) is 0.643. The molecule has 0 radical (unpaired) electrons. The van der Waals surface area contributed by atoms with Gasteiger partial charge in [-0.05, 0) is 45.4 Å². The highest BCUT2D eigenvalue weighted by atomic mass is 15.2. The molecule has 1 aromatic heterocycles. The fourth-order valence-electron chi connectivity index (χ4n) is 2.00. The molecule has 0 spiro atoms. The van der Waals surface area contributed by atoms with Crippen LogP contribution in [-0.2, 0) is 6.54 Å². The lowest BCUT2D eigenvalue weighted by atomic mass is 10.2. The maximum atomic E-state index is 4.39. The molecule has 0 aliphatic heterocycles. The number of aryl methyl sites for hydroxylation is 1. The fourth-order valence-corrected chi connectivity index (χ4v) is 2.00. The van der Waals surface area contributed by atoms with E-state index in [4.69, 9.17) is 0 Å². The van der Waals surface area contributed by atoms with Gasteiger partial charge in [0.15, 0.2) is 0 Å². The van der Waals surface area contributed by atoms with E-state index in [1.165, 1.54) is 18.4 Å². The van der Waals surface area contributed by atoms with Gasteiger partial charge in [0.1, 0.15) is 0 Å². The number of likely N-dealkylation sites (N-methyl/N-ethyl adjacent to an activating group) is 1. The molecule has 1 N–H and O–H groups in total. The molecule has 0 aromatic carbocycles. The van der Waals surface area contributed by atoms with Gasteiger partial charge in [-0.15, -0.1) is 0 Å². The molecular formula is C14H23N3. The van der Waals surface area contributed by atoms with Crippen molar-refractivity contribution >= 4 is 0 Å². The average molecular weight is 233 g/mol. The first kappa shape index (κ1) is 12.5. The van der Waals surface area contributed by atoms with Gasteiger partial charge in [-0.25, -0.2) is 0 Å². The first-order valence-electron chi connectivity index (χ1n) is 6.51. The van der Waals surface area contributed by atoms with Crippen molar-refractivity contribution in [3.8, 4) is 0 Å². The molecule has 1 aliphatic carbocycles. The topological polar surface area (TPSA) is 28.2 Å². The minimum atomic E-state index is 0.605. The number of aromatic nitrogens is 1. The Kier molecular flexibility index (Phi) is 4.13. The molecule has 1 aromatic rings. The zero-order valence-electron chi connectivity index (χ0n) is 11.1. The number of hydrogen-bond acceptors (Lipinski definition) is 3. The second-order valence-corrected chi connectivity index (χ2v) is 5.20. The van der Waals surface area contributed by atoms with Crippen molar-refractivity contribution in [2.45, 2.75) is 45.3 Å². The van der Waals surface area contributed by atoms with Crippen LogP contribution in [0.1, 0.15) is 31.0 Å². The van der Waals surface area contributed by atoms with Crippen LogP contribution in [0, 0.1) is 6.92 Å². The second-order valence-electron chi connectivity index (χ2n) is 5.20. The first-order chi connectivity index (χ1) is 8.16. The average Bonchev–Trinajstić information content (AvgIpc) is 3.14. The van der Waals surface area contributed by atoms with E-state index in [-0.39, 0.29) is 0 Å². The molecule has 3 heteroatoms. The highest BCUT2D eigenvalue weighted by Gasteiger charge is 2.28. The van der Waals surface area contributed by atoms with Gasteiger partial charge >= 0.3 is 0 Å². The molecule has 3 nitrogen and oxygen atoms in total. The zero-order valence-corrected chi connectivity index (χ0v) is 11.1. The molecule has 1 aliphatic rings. The summed E-state index contributed by atoms with van der Waals surface area (Å²) in [6.45, 7) is 6.25. The third kappa shape index (κ3) is 3.79. The maximum absolute atomic E-state index is 4.39. The minimum absolute atomic E-state index is 0.605. The van der Waals surface area contributed by atoms with Gasteiger partial charge in [-0.1, -0.05) is 6.07 Å². The van der Waals surface area contributed by atoms with Gasteiger partial charge in [-0.3, -0.25) is 9.88 Å². The molecular weight excluding hydrogens is 210 g/mol. The van der Waals surface area contributed by atoms with Crippen LogP contribution in [0.15, 0.2) is 18.3 Å². The highest BCUT2D eigenvalue weighted by Crippen LogP contribution is 2.26. The SMILES string of the molecule is Cc1ccc(CNCC(C)N(C)C2CC2)nc1. The Hall–Kier alpha value is -0.930. The van der Waals surface area contributed by atoms with E-state index >= 15 is 0 Å². The molecule has 1 fully saturated rings. The van der Waals surface area contributed by atoms with Gasteiger partial charge < -0.3 is 5.32 Å². The monoisotopic (exact) mass is 233 g/mol. The van der Waals surface area contributed by atoms with Gasteiger partial charge in [0.2, 0.25) is 0 Å². The summed E-state index contributed by atoms with van der Waals surface area (Å²) < 4.78 is 0. The van der Waals surface area contributed by atoms with E-state index in [1.807, 2.05) is 6.20 Å². The first-order valence-corrected chi connectivity index (χ1v) is 6.51. The summed E-state index contributed by atoms with van der Waals surface area (Å²) in [5.74, 6) is 0. The van der Waals surface area contributed by atoms with Crippen LogP contribution in [0.2, 0.25) is 0 Å². The third-order valence-electron chi connectivity index (χ3n) is 3.54. The molecule has 94 valence electrons. The number of rotatable bonds is 6. The van der Waals surface area contributed by atoms with Crippen LogP contribution in [0.25, 0.3) is 0 Å². The van der Waals surface area contributed by atoms with Crippen molar-refractivity contribution in [1.82, 2.24) is 15.2 Å². The summed E-state index contributed by atoms with van der Waals surface area (Å²) in [7, 11) is 2.23. The molecule has 2 rings (SSSR count). The Morgan fingerprint density at radius 1 is 1.47 bits per heavy atom. The van der Waals surface area contributed by atoms with Crippen LogP contribution in [0.5, 0.6) is 0 Å². The van der Waals surface area contributed by atoms with Crippen molar-refractivity contribution in [2.24, 2.45) is 0 Å². The largest absolute Gasteiger partial charge is 0.310 e. The normalized spacial score (nSPS) is 17.4. The molecule has 1 atom stereocenters. The lowest BCUT2D eigenvalue weighted by molar-refractivity contribution is 0.241. The maximum Gasteiger partial charge on any atom is 0.0541 e. The van der Waals surface area contributed by atoms with E-state index in [2.05, 4.69) is 48.2 Å². The van der Waals surface area contributed by atoms with Crippen LogP contribution in [0.4, 0.5) is 0 Å². The summed E-state index contributed by atoms with van der Waals surface area (Å²) in [6.07, 6.45) is 4.68. The molecule has 0 bridgehead atoms. The smallest absolute Gasteiger partial charge is 0.0541 e. The third-order valence-corrected chi connectivity index (χ3v) is 3.54. The standard InChI is InChI=1S/C14H23N3/c1-11-4-5-13(16-8-11)10-15-9-12(2)17(3)14-6-7-14/h4-5,8,12,14-15H,6-7,9-10H2,1-3H3. The molecule has 0 amide bonds. The Balaban J connectivity index is 1.69. The predicted molar refractivity (Wildman–Crippen MR) is 70.9 cm³/mol. The lowest BCUT2D eigenvalue weighted by Gasteiger charge is -2.24. The number of hydrogen-bond donors (Lipinski definition) is 1. The lowest BCUT2D eigenvalue weighted by Crippen LogP contribution is -2.39. The van der Waals surface area contributed by atoms with Gasteiger partial charge in [0, 0.05) is 31.4 Å². The Morgan fingerprint density at radius 3 is 2.82 bits per heavy atom. The van der Waals surface area contributed by atoms with Crippen molar-refractivity contribution < 1.29 is 0 Å². The molecule has 17 heavy (non-hydrogen) atoms. The van der Waals surface area contributed by atoms with Crippen LogP contribution >= 0.6 is 0 Å². The molecule has 1 saturated carbocycles. The van der Waals surface area contributed by atoms with E-state index in [0.717, 1.165) is 24.8 Å². The predicted octanol–water partition coefficient (Wildman–Crippen LogP) is 1.96. The summed E-state index contributed by atoms with van der Waals surface area (Å²) in [5, 5.41) is 3.48. The van der Waals surface area contributed by atoms with Gasteiger partial charge in [-0.2, -0.15) is 0 Å². The van der Waals surface area contributed by atoms with Crippen molar-refractivity contribution in [3.05, 3.63) is 29.6 Å². The summed E-state index contributed by atoms with van der Waals surface area (Å²) >= 11 is 0. The highest BCUT2D eigenvalue weighted by molar-refractivity contribution is 5.11. The number of pyridine rings is 1. The molecule has 1 heterocycles. The van der Waals surface area contributed by atoms with Crippen LogP contribution < -0.4 is 5.32 Å². The summed E-state index contributed by atoms with van der Waals surface area (Å²) in [5.41, 5.74) is 2.34. The van der Waals surface area contributed by atoms with E-state index in [9.17, 15) is 0 Å². The Morgan fingerprint density at radius 2 is 2.24 bits per heavy atom. The Labute approximate surface area is 104 Å². The van der Waals surface area contributed by atoms with E-state index in [0.29, 0.717) is 6.04 Å². The minimum Gasteiger partial charge on any atom is -0.310 e. The van der Waals surface area contributed by atoms with E-state index < -0.39 is 0 Å². The van der Waals surface area contributed by atoms with Crippen LogP contribution in [0.3, 0.4) is 0 Å². The van der Waals surface area contributed by atoms with E-state index in [1.54, 1.807) is 0 Å². The second kappa shape index (κ2) is 5.61. The number of nitrogens with zero attached hydrogens (tertiary/aromatic N) is 2. The number of nitrogens with one attached hydrogen (secondary N) is 1. The zero-order chi connectivity index (χ0) is 12.3. The van der Waals surface area contributed by atoms with Gasteiger partial charge in [0.25, 0.3) is 0 Å². The quantitative estimate of drug-likeness (QED) is 0.814.